The van der Waals surface area contributed by atoms with Crippen molar-refractivity contribution in [2.75, 3.05) is 6.61 Å². The van der Waals surface area contributed by atoms with Gasteiger partial charge in [-0.3, -0.25) is 9.35 Å². The van der Waals surface area contributed by atoms with Crippen molar-refractivity contribution in [3.05, 3.63) is 28.3 Å². The van der Waals surface area contributed by atoms with E-state index in [1.807, 2.05) is 0 Å². The lowest BCUT2D eigenvalue weighted by Gasteiger charge is -2.11. The third-order valence-electron chi connectivity index (χ3n) is 2.55. The molecule has 0 aliphatic carbocycles. The molecular formula is C12H15ClO5S. The molecule has 19 heavy (non-hydrogen) atoms. The molecule has 0 aliphatic rings. The second-order valence-corrected chi connectivity index (χ2v) is 5.86. The van der Waals surface area contributed by atoms with Crippen LogP contribution in [0.4, 0.5) is 0 Å². The molecule has 1 aromatic carbocycles. The van der Waals surface area contributed by atoms with Gasteiger partial charge in [0, 0.05) is 11.9 Å². The lowest BCUT2D eigenvalue weighted by molar-refractivity contribution is -0.141. The van der Waals surface area contributed by atoms with Crippen LogP contribution in [-0.4, -0.2) is 25.5 Å². The van der Waals surface area contributed by atoms with Gasteiger partial charge in [0.15, 0.2) is 0 Å². The molecule has 0 saturated heterocycles. The zero-order valence-electron chi connectivity index (χ0n) is 10.6. The molecule has 1 rings (SSSR count). The highest BCUT2D eigenvalue weighted by atomic mass is 35.5. The van der Waals surface area contributed by atoms with Crippen LogP contribution in [-0.2, 0) is 26.1 Å². The number of benzene rings is 1. The molecule has 7 heteroatoms. The van der Waals surface area contributed by atoms with E-state index >= 15 is 0 Å². The molecule has 0 atom stereocenters. The van der Waals surface area contributed by atoms with E-state index in [4.69, 9.17) is 20.9 Å². The quantitative estimate of drug-likeness (QED) is 0.513. The minimum absolute atomic E-state index is 0.171. The average Bonchev–Trinajstić information content (AvgIpc) is 2.27. The minimum atomic E-state index is -4.32. The highest BCUT2D eigenvalue weighted by Gasteiger charge is 2.18. The molecule has 0 aromatic heterocycles. The molecule has 0 heterocycles. The first kappa shape index (κ1) is 15.9. The zero-order valence-corrected chi connectivity index (χ0v) is 12.2. The highest BCUT2D eigenvalue weighted by molar-refractivity contribution is 7.85. The largest absolute Gasteiger partial charge is 0.466 e. The number of aryl methyl sites for hydroxylation is 1. The number of carbonyl (C=O) groups excluding carboxylic acids is 1. The van der Waals surface area contributed by atoms with Gasteiger partial charge in [0.2, 0.25) is 0 Å². The number of esters is 1. The van der Waals surface area contributed by atoms with Crippen LogP contribution in [0.2, 0.25) is 5.02 Å². The molecule has 1 aromatic rings. The SMILES string of the molecule is CC(=O)OCCCc1c(S(=O)(=O)O)ccc(C)c1Cl. The summed E-state index contributed by atoms with van der Waals surface area (Å²) >= 11 is 6.06. The summed E-state index contributed by atoms with van der Waals surface area (Å²) in [7, 11) is -4.32. The van der Waals surface area contributed by atoms with Gasteiger partial charge in [-0.25, -0.2) is 0 Å². The van der Waals surface area contributed by atoms with Crippen LogP contribution in [0.3, 0.4) is 0 Å². The van der Waals surface area contributed by atoms with Crippen LogP contribution in [0.15, 0.2) is 17.0 Å². The number of halogens is 1. The van der Waals surface area contributed by atoms with E-state index < -0.39 is 16.1 Å². The maximum Gasteiger partial charge on any atom is 0.302 e. The normalized spacial score (nSPS) is 11.4. The van der Waals surface area contributed by atoms with E-state index in [1.54, 1.807) is 6.92 Å². The molecule has 1 N–H and O–H groups in total. The van der Waals surface area contributed by atoms with Gasteiger partial charge in [-0.05, 0) is 37.0 Å². The molecule has 5 nitrogen and oxygen atoms in total. The Morgan fingerprint density at radius 1 is 1.42 bits per heavy atom. The molecule has 0 spiro atoms. The molecule has 0 aliphatic heterocycles. The smallest absolute Gasteiger partial charge is 0.302 e. The van der Waals surface area contributed by atoms with Crippen molar-refractivity contribution in [1.29, 1.82) is 0 Å². The molecule has 0 bridgehead atoms. The van der Waals surface area contributed by atoms with Crippen molar-refractivity contribution in [3.8, 4) is 0 Å². The topological polar surface area (TPSA) is 80.7 Å². The Labute approximate surface area is 117 Å². The van der Waals surface area contributed by atoms with Gasteiger partial charge >= 0.3 is 5.97 Å². The molecular weight excluding hydrogens is 292 g/mol. The summed E-state index contributed by atoms with van der Waals surface area (Å²) < 4.78 is 36.5. The van der Waals surface area contributed by atoms with Crippen LogP contribution in [0, 0.1) is 6.92 Å². The van der Waals surface area contributed by atoms with Crippen molar-refractivity contribution < 1.29 is 22.5 Å². The van der Waals surface area contributed by atoms with Crippen molar-refractivity contribution >= 4 is 27.7 Å². The van der Waals surface area contributed by atoms with Crippen molar-refractivity contribution in [2.24, 2.45) is 0 Å². The maximum absolute atomic E-state index is 11.3. The summed E-state index contributed by atoms with van der Waals surface area (Å²) in [6, 6.07) is 2.85. The summed E-state index contributed by atoms with van der Waals surface area (Å²) in [5.74, 6) is -0.398. The molecule has 106 valence electrons. The van der Waals surface area contributed by atoms with E-state index in [2.05, 4.69) is 0 Å². The first-order valence-corrected chi connectivity index (χ1v) is 7.44. The third kappa shape index (κ3) is 4.49. The lowest BCUT2D eigenvalue weighted by atomic mass is 10.1. The van der Waals surface area contributed by atoms with Crippen LogP contribution >= 0.6 is 11.6 Å². The second-order valence-electron chi connectivity index (χ2n) is 4.09. The van der Waals surface area contributed by atoms with Crippen LogP contribution in [0.1, 0.15) is 24.5 Å². The predicted octanol–water partition coefficient (Wildman–Crippen LogP) is 2.39. The Hall–Kier alpha value is -1.11. The Balaban J connectivity index is 2.97. The Morgan fingerprint density at radius 2 is 2.05 bits per heavy atom. The number of hydrogen-bond acceptors (Lipinski definition) is 4. The number of hydrogen-bond donors (Lipinski definition) is 1. The van der Waals surface area contributed by atoms with Crippen molar-refractivity contribution in [1.82, 2.24) is 0 Å². The molecule has 0 amide bonds. The fourth-order valence-electron chi connectivity index (χ4n) is 1.66. The van der Waals surface area contributed by atoms with E-state index in [0.717, 1.165) is 5.56 Å². The second kappa shape index (κ2) is 6.36. The fourth-order valence-corrected chi connectivity index (χ4v) is 2.73. The average molecular weight is 307 g/mol. The lowest BCUT2D eigenvalue weighted by Crippen LogP contribution is -2.07. The van der Waals surface area contributed by atoms with E-state index in [1.165, 1.54) is 19.1 Å². The van der Waals surface area contributed by atoms with E-state index in [0.29, 0.717) is 23.4 Å². The first-order valence-electron chi connectivity index (χ1n) is 5.62. The van der Waals surface area contributed by atoms with Crippen molar-refractivity contribution in [2.45, 2.75) is 31.6 Å². The minimum Gasteiger partial charge on any atom is -0.466 e. The van der Waals surface area contributed by atoms with Gasteiger partial charge < -0.3 is 4.74 Å². The van der Waals surface area contributed by atoms with Gasteiger partial charge in [0.05, 0.1) is 11.5 Å². The summed E-state index contributed by atoms with van der Waals surface area (Å²) in [5.41, 5.74) is 1.06. The summed E-state index contributed by atoms with van der Waals surface area (Å²) in [4.78, 5) is 10.4. The maximum atomic E-state index is 11.3. The zero-order chi connectivity index (χ0) is 14.6. The molecule has 0 fully saturated rings. The number of rotatable bonds is 5. The molecule has 0 saturated carbocycles. The third-order valence-corrected chi connectivity index (χ3v) is 4.01. The van der Waals surface area contributed by atoms with Crippen LogP contribution in [0.5, 0.6) is 0 Å². The standard InChI is InChI=1S/C12H15ClO5S/c1-8-5-6-11(19(15,16)17)10(12(8)13)4-3-7-18-9(2)14/h5-6H,3-4,7H2,1-2H3,(H,15,16,17). The summed E-state index contributed by atoms with van der Waals surface area (Å²) in [5, 5.41) is 0.304. The Morgan fingerprint density at radius 3 is 2.58 bits per heavy atom. The summed E-state index contributed by atoms with van der Waals surface area (Å²) in [6.07, 6.45) is 0.716. The van der Waals surface area contributed by atoms with Gasteiger partial charge in [-0.2, -0.15) is 8.42 Å². The monoisotopic (exact) mass is 306 g/mol. The van der Waals surface area contributed by atoms with Gasteiger partial charge in [0.25, 0.3) is 10.1 Å². The fraction of sp³-hybridized carbons (Fsp3) is 0.417. The van der Waals surface area contributed by atoms with Crippen molar-refractivity contribution in [3.63, 3.8) is 0 Å². The first-order chi connectivity index (χ1) is 8.73. The van der Waals surface area contributed by atoms with Gasteiger partial charge in [-0.15, -0.1) is 0 Å². The number of ether oxygens (including phenoxy) is 1. The van der Waals surface area contributed by atoms with Crippen LogP contribution in [0.25, 0.3) is 0 Å². The van der Waals surface area contributed by atoms with Crippen LogP contribution < -0.4 is 0 Å². The van der Waals surface area contributed by atoms with E-state index in [9.17, 15) is 13.2 Å². The van der Waals surface area contributed by atoms with E-state index in [-0.39, 0.29) is 11.5 Å². The summed E-state index contributed by atoms with van der Waals surface area (Å²) in [6.45, 7) is 3.21. The molecule has 0 unspecified atom stereocenters. The van der Waals surface area contributed by atoms with Gasteiger partial charge in [0.1, 0.15) is 0 Å². The Bertz CT molecular complexity index is 580. The van der Waals surface area contributed by atoms with Gasteiger partial charge in [-0.1, -0.05) is 17.7 Å². The molecule has 0 radical (unpaired) electrons. The number of carbonyl (C=O) groups is 1. The highest BCUT2D eigenvalue weighted by Crippen LogP contribution is 2.28. The predicted molar refractivity (Wildman–Crippen MR) is 71.0 cm³/mol. The Kier molecular flexibility index (Phi) is 5.34.